The van der Waals surface area contributed by atoms with Crippen molar-refractivity contribution in [3.63, 3.8) is 0 Å². The van der Waals surface area contributed by atoms with Gasteiger partial charge < -0.3 is 14.0 Å². The van der Waals surface area contributed by atoms with Crippen LogP contribution in [-0.2, 0) is 26.5 Å². The van der Waals surface area contributed by atoms with Crippen molar-refractivity contribution in [2.24, 2.45) is 13.0 Å². The van der Waals surface area contributed by atoms with Gasteiger partial charge in [-0.05, 0) is 6.92 Å². The Hall–Kier alpha value is -0.960. The van der Waals surface area contributed by atoms with Crippen LogP contribution in [0.25, 0.3) is 0 Å². The van der Waals surface area contributed by atoms with E-state index < -0.39 is 10.0 Å². The highest BCUT2D eigenvalue weighted by Gasteiger charge is 2.51. The number of hydrogen-bond acceptors (Lipinski definition) is 5. The second-order valence-electron chi connectivity index (χ2n) is 5.21. The predicted molar refractivity (Wildman–Crippen MR) is 70.6 cm³/mol. The van der Waals surface area contributed by atoms with E-state index in [1.165, 1.54) is 16.8 Å². The van der Waals surface area contributed by atoms with E-state index >= 15 is 0 Å². The van der Waals surface area contributed by atoms with Crippen molar-refractivity contribution < 1.29 is 17.9 Å². The summed E-state index contributed by atoms with van der Waals surface area (Å²) < 4.78 is 39.6. The molecule has 0 unspecified atom stereocenters. The molecule has 0 N–H and O–H groups in total. The predicted octanol–water partition coefficient (Wildman–Crippen LogP) is -0.155. The lowest BCUT2D eigenvalue weighted by Crippen LogP contribution is -2.38. The molecule has 0 aliphatic carbocycles. The highest BCUT2D eigenvalue weighted by Crippen LogP contribution is 2.35. The summed E-state index contributed by atoms with van der Waals surface area (Å²) in [5.74, 6) is 0.119. The molecule has 112 valence electrons. The summed E-state index contributed by atoms with van der Waals surface area (Å²) in [6.45, 7) is 3.86. The molecule has 1 aromatic heterocycles. The molecule has 3 heterocycles. The molecule has 0 amide bonds. The van der Waals surface area contributed by atoms with Gasteiger partial charge in [0.25, 0.3) is 10.0 Å². The standard InChI is InChI=1S/C12H19N3O4S/c1-3-19-11-4-15(10-7-18-6-9(10)11)20(16,17)12-5-14(2)8-13-12/h5,8-11H,3-4,6-7H2,1-2H3/t9-,10+,11+/m1/s1. The summed E-state index contributed by atoms with van der Waals surface area (Å²) >= 11 is 0. The third-order valence-corrected chi connectivity index (χ3v) is 5.71. The van der Waals surface area contributed by atoms with Gasteiger partial charge in [-0.25, -0.2) is 13.4 Å². The van der Waals surface area contributed by atoms with Crippen LogP contribution in [0, 0.1) is 5.92 Å². The second-order valence-corrected chi connectivity index (χ2v) is 7.05. The first-order chi connectivity index (χ1) is 9.54. The maximum Gasteiger partial charge on any atom is 0.262 e. The third kappa shape index (κ3) is 2.16. The minimum atomic E-state index is -3.58. The van der Waals surface area contributed by atoms with Crippen LogP contribution in [0.4, 0.5) is 0 Å². The lowest BCUT2D eigenvalue weighted by molar-refractivity contribution is 0.0308. The van der Waals surface area contributed by atoms with E-state index in [4.69, 9.17) is 9.47 Å². The Morgan fingerprint density at radius 3 is 2.95 bits per heavy atom. The van der Waals surface area contributed by atoms with Crippen molar-refractivity contribution in [3.8, 4) is 0 Å². The fourth-order valence-corrected chi connectivity index (χ4v) is 4.61. The zero-order valence-electron chi connectivity index (χ0n) is 11.6. The van der Waals surface area contributed by atoms with Crippen LogP contribution in [0.3, 0.4) is 0 Å². The van der Waals surface area contributed by atoms with Gasteiger partial charge in [0.2, 0.25) is 0 Å². The van der Waals surface area contributed by atoms with E-state index in [-0.39, 0.29) is 23.1 Å². The fourth-order valence-electron chi connectivity index (χ4n) is 2.97. The van der Waals surface area contributed by atoms with E-state index in [2.05, 4.69) is 4.98 Å². The highest BCUT2D eigenvalue weighted by molar-refractivity contribution is 7.89. The monoisotopic (exact) mass is 301 g/mol. The summed E-state index contributed by atoms with van der Waals surface area (Å²) in [5.41, 5.74) is 0. The quantitative estimate of drug-likeness (QED) is 0.773. The van der Waals surface area contributed by atoms with Crippen LogP contribution in [0.15, 0.2) is 17.6 Å². The van der Waals surface area contributed by atoms with Gasteiger partial charge in [-0.3, -0.25) is 0 Å². The number of aryl methyl sites for hydroxylation is 1. The Balaban J connectivity index is 1.90. The molecule has 0 spiro atoms. The Morgan fingerprint density at radius 1 is 1.50 bits per heavy atom. The Labute approximate surface area is 118 Å². The zero-order chi connectivity index (χ0) is 14.3. The molecule has 7 nitrogen and oxygen atoms in total. The van der Waals surface area contributed by atoms with Gasteiger partial charge in [0, 0.05) is 32.3 Å². The Kier molecular flexibility index (Phi) is 3.57. The minimum absolute atomic E-state index is 0.0859. The molecule has 0 bridgehead atoms. The number of hydrogen-bond donors (Lipinski definition) is 0. The zero-order valence-corrected chi connectivity index (χ0v) is 12.4. The first-order valence-electron chi connectivity index (χ1n) is 6.73. The van der Waals surface area contributed by atoms with Gasteiger partial charge >= 0.3 is 0 Å². The molecule has 2 saturated heterocycles. The molecule has 0 radical (unpaired) electrons. The van der Waals surface area contributed by atoms with E-state index in [0.29, 0.717) is 26.4 Å². The van der Waals surface area contributed by atoms with Crippen molar-refractivity contribution in [2.75, 3.05) is 26.4 Å². The van der Waals surface area contributed by atoms with Crippen molar-refractivity contribution in [3.05, 3.63) is 12.5 Å². The molecule has 2 aliphatic rings. The maximum absolute atomic E-state index is 12.7. The second kappa shape index (κ2) is 5.10. The largest absolute Gasteiger partial charge is 0.379 e. The molecule has 0 aromatic carbocycles. The third-order valence-electron chi connectivity index (χ3n) is 3.94. The average Bonchev–Trinajstić information content (AvgIpc) is 3.06. The minimum Gasteiger partial charge on any atom is -0.379 e. The van der Waals surface area contributed by atoms with Gasteiger partial charge in [-0.1, -0.05) is 0 Å². The lowest BCUT2D eigenvalue weighted by Gasteiger charge is -2.20. The van der Waals surface area contributed by atoms with Crippen LogP contribution >= 0.6 is 0 Å². The fraction of sp³-hybridized carbons (Fsp3) is 0.750. The molecule has 1 aromatic rings. The molecule has 3 atom stereocenters. The van der Waals surface area contributed by atoms with Crippen molar-refractivity contribution in [1.82, 2.24) is 13.9 Å². The summed E-state index contributed by atoms with van der Waals surface area (Å²) in [6.07, 6.45) is 2.92. The summed E-state index contributed by atoms with van der Waals surface area (Å²) in [7, 11) is -1.83. The van der Waals surface area contributed by atoms with Gasteiger partial charge in [-0.15, -0.1) is 0 Å². The molecule has 2 fully saturated rings. The number of aromatic nitrogens is 2. The maximum atomic E-state index is 12.7. The molecule has 8 heteroatoms. The Bertz CT molecular complexity index is 585. The van der Waals surface area contributed by atoms with Crippen LogP contribution in [0.5, 0.6) is 0 Å². The van der Waals surface area contributed by atoms with Crippen LogP contribution in [0.1, 0.15) is 6.92 Å². The van der Waals surface area contributed by atoms with Crippen LogP contribution in [-0.4, -0.2) is 60.8 Å². The molecular formula is C12H19N3O4S. The van der Waals surface area contributed by atoms with Crippen LogP contribution < -0.4 is 0 Å². The normalized spacial score (nSPS) is 30.8. The number of imidazole rings is 1. The van der Waals surface area contributed by atoms with Gasteiger partial charge in [0.1, 0.15) is 0 Å². The summed E-state index contributed by atoms with van der Waals surface area (Å²) in [5, 5.41) is 0.0859. The van der Waals surface area contributed by atoms with Gasteiger partial charge in [0.15, 0.2) is 5.03 Å². The molecule has 0 saturated carbocycles. The number of ether oxygens (including phenoxy) is 2. The lowest BCUT2D eigenvalue weighted by atomic mass is 10.0. The van der Waals surface area contributed by atoms with Crippen molar-refractivity contribution >= 4 is 10.0 Å². The summed E-state index contributed by atoms with van der Waals surface area (Å²) in [6, 6.07) is -0.140. The number of sulfonamides is 1. The van der Waals surface area contributed by atoms with Crippen molar-refractivity contribution in [1.29, 1.82) is 0 Å². The Morgan fingerprint density at radius 2 is 2.30 bits per heavy atom. The topological polar surface area (TPSA) is 73.7 Å². The van der Waals surface area contributed by atoms with E-state index in [9.17, 15) is 8.42 Å². The van der Waals surface area contributed by atoms with Gasteiger partial charge in [0.05, 0.1) is 31.7 Å². The van der Waals surface area contributed by atoms with Gasteiger partial charge in [-0.2, -0.15) is 4.31 Å². The first-order valence-corrected chi connectivity index (χ1v) is 8.17. The number of fused-ring (bicyclic) bond motifs is 1. The van der Waals surface area contributed by atoms with E-state index in [0.717, 1.165) is 0 Å². The summed E-state index contributed by atoms with van der Waals surface area (Å²) in [4.78, 5) is 3.97. The molecule has 20 heavy (non-hydrogen) atoms. The SMILES string of the molecule is CCO[C@H]1CN(S(=O)(=O)c2cn(C)cn2)[C@H]2COC[C@@H]12. The average molecular weight is 301 g/mol. The van der Waals surface area contributed by atoms with Crippen molar-refractivity contribution in [2.45, 2.75) is 24.1 Å². The number of nitrogens with zero attached hydrogens (tertiary/aromatic N) is 3. The number of rotatable bonds is 4. The highest BCUT2D eigenvalue weighted by atomic mass is 32.2. The smallest absolute Gasteiger partial charge is 0.262 e. The molecule has 3 rings (SSSR count). The first kappa shape index (κ1) is 14.0. The van der Waals surface area contributed by atoms with Crippen LogP contribution in [0.2, 0.25) is 0 Å². The van der Waals surface area contributed by atoms with E-state index in [1.54, 1.807) is 11.6 Å². The molecular weight excluding hydrogens is 282 g/mol. The molecule has 2 aliphatic heterocycles. The van der Waals surface area contributed by atoms with E-state index in [1.807, 2.05) is 6.92 Å².